The highest BCUT2D eigenvalue weighted by molar-refractivity contribution is 5.91. The summed E-state index contributed by atoms with van der Waals surface area (Å²) in [6.07, 6.45) is 1.45. The molecule has 4 aromatic rings. The third-order valence-corrected chi connectivity index (χ3v) is 6.76. The average Bonchev–Trinajstić information content (AvgIpc) is 3.45. The van der Waals surface area contributed by atoms with E-state index in [4.69, 9.17) is 10.5 Å². The lowest BCUT2D eigenvalue weighted by Crippen LogP contribution is -2.43. The van der Waals surface area contributed by atoms with Crippen LogP contribution in [-0.4, -0.2) is 35.0 Å². The summed E-state index contributed by atoms with van der Waals surface area (Å²) in [6.45, 7) is 6.10. The molecule has 1 fully saturated rings. The molecule has 4 aromatic carbocycles. The van der Waals surface area contributed by atoms with Crippen molar-refractivity contribution >= 4 is 17.6 Å². The van der Waals surface area contributed by atoms with Crippen LogP contribution in [0.5, 0.6) is 0 Å². The van der Waals surface area contributed by atoms with E-state index in [-0.39, 0.29) is 5.78 Å². The van der Waals surface area contributed by atoms with Crippen LogP contribution in [0.2, 0.25) is 0 Å². The number of nitrogens with zero attached hydrogens (tertiary/aromatic N) is 1. The number of benzene rings is 4. The normalized spacial score (nSPS) is 14.7. The van der Waals surface area contributed by atoms with Gasteiger partial charge in [0.1, 0.15) is 5.60 Å². The van der Waals surface area contributed by atoms with Gasteiger partial charge in [0.15, 0.2) is 5.78 Å². The number of para-hydroxylation sites is 1. The topological polar surface area (TPSA) is 72.6 Å². The van der Waals surface area contributed by atoms with E-state index in [1.807, 2.05) is 118 Å². The second-order valence-corrected chi connectivity index (χ2v) is 11.0. The van der Waals surface area contributed by atoms with Crippen molar-refractivity contribution in [3.05, 3.63) is 115 Å². The van der Waals surface area contributed by atoms with Gasteiger partial charge in [-0.2, -0.15) is 0 Å². The molecule has 0 radical (unpaired) electrons. The molecule has 0 spiro atoms. The minimum atomic E-state index is -0.562. The number of ketones is 1. The molecule has 1 heterocycles. The van der Waals surface area contributed by atoms with Crippen LogP contribution in [0.25, 0.3) is 22.3 Å². The van der Waals surface area contributed by atoms with Crippen LogP contribution < -0.4 is 5.73 Å². The van der Waals surface area contributed by atoms with E-state index in [1.54, 1.807) is 4.90 Å². The van der Waals surface area contributed by atoms with Crippen LogP contribution in [0.1, 0.15) is 39.2 Å². The number of Topliss-reactive ketones (excluding diaryl/α,β-unsaturated/α-hetero) is 1. The molecule has 1 amide bonds. The number of ether oxygens (including phenoxy) is 1. The SMILES string of the molecule is CC(C)(C)OC(=O)N1CCC[C@H]1C(=O)Cc1ccccc1-c1ccccc1.Nc1ccccc1-c1ccccc1. The lowest BCUT2D eigenvalue weighted by Gasteiger charge is -2.28. The zero-order valence-electron chi connectivity index (χ0n) is 23.5. The number of amides is 1. The quantitative estimate of drug-likeness (QED) is 0.265. The van der Waals surface area contributed by atoms with Crippen molar-refractivity contribution in [2.45, 2.75) is 51.7 Å². The Labute approximate surface area is 237 Å². The molecular weight excluding hydrogens is 496 g/mol. The Hall–Kier alpha value is -4.38. The van der Waals surface area contributed by atoms with Crippen molar-refractivity contribution in [3.63, 3.8) is 0 Å². The summed E-state index contributed by atoms with van der Waals surface area (Å²) in [5.41, 5.74) is 11.5. The number of nitrogen functional groups attached to an aromatic ring is 1. The summed E-state index contributed by atoms with van der Waals surface area (Å²) in [6, 6.07) is 35.7. The average molecular weight is 535 g/mol. The minimum absolute atomic E-state index is 0.0711. The number of hydrogen-bond donors (Lipinski definition) is 1. The maximum absolute atomic E-state index is 13.0. The van der Waals surface area contributed by atoms with Crippen molar-refractivity contribution in [3.8, 4) is 22.3 Å². The number of likely N-dealkylation sites (tertiary alicyclic amines) is 1. The summed E-state index contributed by atoms with van der Waals surface area (Å²) in [4.78, 5) is 27.1. The minimum Gasteiger partial charge on any atom is -0.444 e. The van der Waals surface area contributed by atoms with E-state index < -0.39 is 17.7 Å². The van der Waals surface area contributed by atoms with Gasteiger partial charge in [-0.05, 0) is 61.9 Å². The fourth-order valence-electron chi connectivity index (χ4n) is 4.90. The molecule has 0 aromatic heterocycles. The second kappa shape index (κ2) is 13.1. The monoisotopic (exact) mass is 534 g/mol. The van der Waals surface area contributed by atoms with Gasteiger partial charge in [-0.1, -0.05) is 103 Å². The molecular formula is C35H38N2O3. The zero-order valence-corrected chi connectivity index (χ0v) is 23.5. The first-order valence-corrected chi connectivity index (χ1v) is 13.8. The van der Waals surface area contributed by atoms with E-state index in [0.29, 0.717) is 19.4 Å². The van der Waals surface area contributed by atoms with Gasteiger partial charge in [-0.15, -0.1) is 0 Å². The van der Waals surface area contributed by atoms with Gasteiger partial charge in [-0.3, -0.25) is 9.69 Å². The van der Waals surface area contributed by atoms with Crippen molar-refractivity contribution in [1.82, 2.24) is 4.90 Å². The van der Waals surface area contributed by atoms with Crippen molar-refractivity contribution in [2.75, 3.05) is 12.3 Å². The summed E-state index contributed by atoms with van der Waals surface area (Å²) in [5, 5.41) is 0. The van der Waals surface area contributed by atoms with Gasteiger partial charge in [0.25, 0.3) is 0 Å². The summed E-state index contributed by atoms with van der Waals surface area (Å²) in [5.74, 6) is 0.0711. The Morgan fingerprint density at radius 2 is 1.30 bits per heavy atom. The van der Waals surface area contributed by atoms with Gasteiger partial charge in [0, 0.05) is 24.2 Å². The molecule has 1 aliphatic rings. The maximum Gasteiger partial charge on any atom is 0.410 e. The van der Waals surface area contributed by atoms with E-state index >= 15 is 0 Å². The first-order valence-electron chi connectivity index (χ1n) is 13.8. The predicted molar refractivity (Wildman–Crippen MR) is 163 cm³/mol. The lowest BCUT2D eigenvalue weighted by molar-refractivity contribution is -0.122. The van der Waals surface area contributed by atoms with Crippen LogP contribution in [0.3, 0.4) is 0 Å². The molecule has 0 bridgehead atoms. The molecule has 5 nitrogen and oxygen atoms in total. The smallest absolute Gasteiger partial charge is 0.410 e. The maximum atomic E-state index is 13.0. The molecule has 0 aliphatic carbocycles. The number of carbonyl (C=O) groups is 2. The Morgan fingerprint density at radius 1 is 0.775 bits per heavy atom. The Bertz CT molecular complexity index is 1410. The van der Waals surface area contributed by atoms with E-state index in [9.17, 15) is 9.59 Å². The van der Waals surface area contributed by atoms with Crippen LogP contribution in [-0.2, 0) is 16.0 Å². The molecule has 1 saturated heterocycles. The molecule has 5 heteroatoms. The lowest BCUT2D eigenvalue weighted by atomic mass is 9.94. The van der Waals surface area contributed by atoms with Crippen LogP contribution >= 0.6 is 0 Å². The third kappa shape index (κ3) is 7.60. The highest BCUT2D eigenvalue weighted by atomic mass is 16.6. The number of carbonyl (C=O) groups excluding carboxylic acids is 2. The van der Waals surface area contributed by atoms with Crippen LogP contribution in [0, 0.1) is 0 Å². The van der Waals surface area contributed by atoms with Crippen LogP contribution in [0.4, 0.5) is 10.5 Å². The molecule has 1 atom stereocenters. The summed E-state index contributed by atoms with van der Waals surface area (Å²) in [7, 11) is 0. The first-order chi connectivity index (χ1) is 19.2. The summed E-state index contributed by atoms with van der Waals surface area (Å²) >= 11 is 0. The van der Waals surface area contributed by atoms with Gasteiger partial charge < -0.3 is 10.5 Å². The first kappa shape index (κ1) is 28.6. The molecule has 1 aliphatic heterocycles. The van der Waals surface area contributed by atoms with Gasteiger partial charge in [0.2, 0.25) is 0 Å². The number of hydrogen-bond acceptors (Lipinski definition) is 4. The van der Waals surface area contributed by atoms with Gasteiger partial charge in [-0.25, -0.2) is 4.79 Å². The summed E-state index contributed by atoms with van der Waals surface area (Å²) < 4.78 is 5.48. The fraction of sp³-hybridized carbons (Fsp3) is 0.257. The largest absolute Gasteiger partial charge is 0.444 e. The van der Waals surface area contributed by atoms with Crippen LogP contribution in [0.15, 0.2) is 109 Å². The third-order valence-electron chi connectivity index (χ3n) is 6.76. The molecule has 2 N–H and O–H groups in total. The Morgan fingerprint density at radius 3 is 1.90 bits per heavy atom. The van der Waals surface area contributed by atoms with E-state index in [2.05, 4.69) is 12.1 Å². The van der Waals surface area contributed by atoms with Gasteiger partial charge >= 0.3 is 6.09 Å². The molecule has 206 valence electrons. The highest BCUT2D eigenvalue weighted by Crippen LogP contribution is 2.27. The standard InChI is InChI=1S/C23H27NO3.C12H11N/c1-23(2,3)27-22(26)24-15-9-14-20(24)21(25)16-18-12-7-8-13-19(18)17-10-5-4-6-11-17;13-12-9-5-4-8-11(12)10-6-2-1-3-7-10/h4-8,10-13,20H,9,14-16H2,1-3H3;1-9H,13H2/t20-;/m0./s1. The zero-order chi connectivity index (χ0) is 28.5. The second-order valence-electron chi connectivity index (χ2n) is 11.0. The van der Waals surface area contributed by atoms with Crippen molar-refractivity contribution < 1.29 is 14.3 Å². The molecule has 0 unspecified atom stereocenters. The Balaban J connectivity index is 0.000000236. The predicted octanol–water partition coefficient (Wildman–Crippen LogP) is 7.80. The van der Waals surface area contributed by atoms with Crippen molar-refractivity contribution in [2.24, 2.45) is 0 Å². The highest BCUT2D eigenvalue weighted by Gasteiger charge is 2.36. The number of nitrogens with two attached hydrogens (primary N) is 1. The molecule has 0 saturated carbocycles. The fourth-order valence-corrected chi connectivity index (χ4v) is 4.90. The molecule has 40 heavy (non-hydrogen) atoms. The van der Waals surface area contributed by atoms with Crippen molar-refractivity contribution in [1.29, 1.82) is 0 Å². The van der Waals surface area contributed by atoms with E-state index in [0.717, 1.165) is 34.4 Å². The van der Waals surface area contributed by atoms with Gasteiger partial charge in [0.05, 0.1) is 6.04 Å². The molecule has 5 rings (SSSR count). The number of rotatable bonds is 5. The van der Waals surface area contributed by atoms with E-state index in [1.165, 1.54) is 5.56 Å². The Kier molecular flexibility index (Phi) is 9.39. The number of anilines is 1.